The van der Waals surface area contributed by atoms with Gasteiger partial charge < -0.3 is 24.0 Å². The van der Waals surface area contributed by atoms with Crippen LogP contribution in [0.15, 0.2) is 24.8 Å². The molecule has 4 rings (SSSR count). The lowest BCUT2D eigenvalue weighted by molar-refractivity contribution is 0.0989. The third-order valence-corrected chi connectivity index (χ3v) is 7.70. The maximum Gasteiger partial charge on any atom is 0.122 e. The van der Waals surface area contributed by atoms with Gasteiger partial charge in [0.05, 0.1) is 19.7 Å². The molecule has 0 bridgehead atoms. The quantitative estimate of drug-likeness (QED) is 0.513. The summed E-state index contributed by atoms with van der Waals surface area (Å²) in [5.74, 6) is 2.86. The molecule has 2 saturated heterocycles. The first-order valence-electron chi connectivity index (χ1n) is 13.2. The van der Waals surface area contributed by atoms with E-state index in [0.717, 1.165) is 37.2 Å². The SMILES string of the molecule is CC(C)CN1CCC2(CC1)CCN(CCCn1ccnc1CN(C)Cc1nccn1CCO)C2. The van der Waals surface area contributed by atoms with Crippen molar-refractivity contribution < 1.29 is 5.11 Å². The van der Waals surface area contributed by atoms with Gasteiger partial charge in [-0.15, -0.1) is 0 Å². The molecule has 2 aromatic heterocycles. The number of aliphatic hydroxyl groups is 1. The molecule has 0 radical (unpaired) electrons. The van der Waals surface area contributed by atoms with Crippen molar-refractivity contribution in [1.29, 1.82) is 0 Å². The van der Waals surface area contributed by atoms with E-state index in [9.17, 15) is 5.11 Å². The topological polar surface area (TPSA) is 65.6 Å². The Hall–Kier alpha value is -1.74. The molecule has 34 heavy (non-hydrogen) atoms. The van der Waals surface area contributed by atoms with Crippen LogP contribution in [0.4, 0.5) is 0 Å². The number of rotatable bonds is 12. The van der Waals surface area contributed by atoms with Gasteiger partial charge in [-0.2, -0.15) is 0 Å². The van der Waals surface area contributed by atoms with Crippen molar-refractivity contribution in [2.45, 2.75) is 65.7 Å². The van der Waals surface area contributed by atoms with Crippen molar-refractivity contribution in [3.05, 3.63) is 36.4 Å². The molecule has 2 fully saturated rings. The number of hydrogen-bond donors (Lipinski definition) is 1. The van der Waals surface area contributed by atoms with Crippen LogP contribution in [0.25, 0.3) is 0 Å². The van der Waals surface area contributed by atoms with E-state index in [1.807, 2.05) is 17.0 Å². The van der Waals surface area contributed by atoms with Gasteiger partial charge in [0.25, 0.3) is 0 Å². The van der Waals surface area contributed by atoms with Gasteiger partial charge in [-0.05, 0) is 70.2 Å². The zero-order valence-corrected chi connectivity index (χ0v) is 21.6. The first-order valence-corrected chi connectivity index (χ1v) is 13.2. The lowest BCUT2D eigenvalue weighted by atomic mass is 9.77. The van der Waals surface area contributed by atoms with Gasteiger partial charge in [-0.3, -0.25) is 4.90 Å². The van der Waals surface area contributed by atoms with E-state index in [2.05, 4.69) is 56.3 Å². The van der Waals surface area contributed by atoms with Gasteiger partial charge in [0.15, 0.2) is 0 Å². The molecule has 0 amide bonds. The number of aromatic nitrogens is 4. The molecule has 190 valence electrons. The highest BCUT2D eigenvalue weighted by Gasteiger charge is 2.40. The summed E-state index contributed by atoms with van der Waals surface area (Å²) in [5, 5.41) is 9.23. The summed E-state index contributed by atoms with van der Waals surface area (Å²) in [6.07, 6.45) is 13.1. The zero-order chi connectivity index (χ0) is 24.0. The standard InChI is InChI=1S/C26H45N7O/c1-23(2)19-30-12-5-26(6-13-30)7-14-31(22-26)10-4-11-32-15-8-27-24(32)20-29(3)21-25-28-9-16-33(25)17-18-34/h8-9,15-16,23,34H,4-7,10-14,17-22H2,1-3H3. The normalized spacial score (nSPS) is 19.2. The summed E-state index contributed by atoms with van der Waals surface area (Å²) in [6, 6.07) is 0. The van der Waals surface area contributed by atoms with Crippen LogP contribution in [0.1, 0.15) is 51.2 Å². The highest BCUT2D eigenvalue weighted by Crippen LogP contribution is 2.40. The van der Waals surface area contributed by atoms with E-state index in [1.165, 1.54) is 65.0 Å². The Morgan fingerprint density at radius 1 is 0.912 bits per heavy atom. The minimum Gasteiger partial charge on any atom is -0.395 e. The van der Waals surface area contributed by atoms with Crippen molar-refractivity contribution >= 4 is 0 Å². The minimum atomic E-state index is 0.131. The second kappa shape index (κ2) is 11.8. The Kier molecular flexibility index (Phi) is 8.80. The van der Waals surface area contributed by atoms with Crippen molar-refractivity contribution in [2.75, 3.05) is 52.9 Å². The largest absolute Gasteiger partial charge is 0.395 e. The summed E-state index contributed by atoms with van der Waals surface area (Å²) in [4.78, 5) is 16.7. The smallest absolute Gasteiger partial charge is 0.122 e. The molecule has 0 aliphatic carbocycles. The number of aryl methyl sites for hydroxylation is 1. The van der Waals surface area contributed by atoms with Gasteiger partial charge in [0, 0.05) is 51.0 Å². The molecule has 1 N–H and O–H groups in total. The van der Waals surface area contributed by atoms with E-state index in [4.69, 9.17) is 0 Å². The first kappa shape index (κ1) is 25.4. The van der Waals surface area contributed by atoms with Crippen LogP contribution in [0.5, 0.6) is 0 Å². The molecule has 0 unspecified atom stereocenters. The Bertz CT molecular complexity index is 868. The molecule has 1 spiro atoms. The van der Waals surface area contributed by atoms with Crippen LogP contribution in [0, 0.1) is 11.3 Å². The Balaban J connectivity index is 1.19. The van der Waals surface area contributed by atoms with Crippen molar-refractivity contribution in [1.82, 2.24) is 33.8 Å². The van der Waals surface area contributed by atoms with Crippen molar-refractivity contribution in [3.8, 4) is 0 Å². The fourth-order valence-electron chi connectivity index (χ4n) is 5.85. The second-order valence-electron chi connectivity index (χ2n) is 11.0. The fraction of sp³-hybridized carbons (Fsp3) is 0.769. The highest BCUT2D eigenvalue weighted by molar-refractivity contribution is 4.97. The predicted molar refractivity (Wildman–Crippen MR) is 135 cm³/mol. The summed E-state index contributed by atoms with van der Waals surface area (Å²) in [7, 11) is 2.10. The monoisotopic (exact) mass is 471 g/mol. The Morgan fingerprint density at radius 2 is 1.50 bits per heavy atom. The van der Waals surface area contributed by atoms with Crippen LogP contribution in [-0.4, -0.2) is 91.8 Å². The molecule has 8 nitrogen and oxygen atoms in total. The predicted octanol–water partition coefficient (Wildman–Crippen LogP) is 2.54. The van der Waals surface area contributed by atoms with Crippen molar-refractivity contribution in [2.24, 2.45) is 11.3 Å². The number of hydrogen-bond acceptors (Lipinski definition) is 6. The fourth-order valence-corrected chi connectivity index (χ4v) is 5.85. The number of piperidine rings is 1. The van der Waals surface area contributed by atoms with Crippen LogP contribution in [-0.2, 0) is 26.2 Å². The van der Waals surface area contributed by atoms with Crippen LogP contribution < -0.4 is 0 Å². The maximum absolute atomic E-state index is 9.23. The average molecular weight is 472 g/mol. The second-order valence-corrected chi connectivity index (χ2v) is 11.0. The van der Waals surface area contributed by atoms with E-state index in [1.54, 1.807) is 6.20 Å². The van der Waals surface area contributed by atoms with Crippen molar-refractivity contribution in [3.63, 3.8) is 0 Å². The summed E-state index contributed by atoms with van der Waals surface area (Å²) >= 11 is 0. The lowest BCUT2D eigenvalue weighted by Crippen LogP contribution is -2.42. The molecule has 0 saturated carbocycles. The van der Waals surface area contributed by atoms with Gasteiger partial charge in [-0.1, -0.05) is 13.8 Å². The van der Waals surface area contributed by atoms with Gasteiger partial charge in [0.1, 0.15) is 11.6 Å². The van der Waals surface area contributed by atoms with E-state index < -0.39 is 0 Å². The lowest BCUT2D eigenvalue weighted by Gasteiger charge is -2.40. The highest BCUT2D eigenvalue weighted by atomic mass is 16.3. The maximum atomic E-state index is 9.23. The number of aliphatic hydroxyl groups excluding tert-OH is 1. The third-order valence-electron chi connectivity index (χ3n) is 7.70. The van der Waals surface area contributed by atoms with Gasteiger partial charge in [0.2, 0.25) is 0 Å². The minimum absolute atomic E-state index is 0.131. The van der Waals surface area contributed by atoms with Crippen LogP contribution in [0.2, 0.25) is 0 Å². The van der Waals surface area contributed by atoms with Crippen LogP contribution in [0.3, 0.4) is 0 Å². The number of nitrogens with zero attached hydrogens (tertiary/aromatic N) is 7. The molecular formula is C26H45N7O. The molecule has 0 aromatic carbocycles. The Morgan fingerprint density at radius 3 is 2.09 bits per heavy atom. The average Bonchev–Trinajstić information content (AvgIpc) is 3.52. The summed E-state index contributed by atoms with van der Waals surface area (Å²) in [5.41, 5.74) is 0.581. The third kappa shape index (κ3) is 6.68. The van der Waals surface area contributed by atoms with E-state index in [-0.39, 0.29) is 6.61 Å². The summed E-state index contributed by atoms with van der Waals surface area (Å²) in [6.45, 7) is 15.5. The first-order chi connectivity index (χ1) is 16.5. The molecule has 8 heteroatoms. The Labute approximate surface area is 205 Å². The summed E-state index contributed by atoms with van der Waals surface area (Å²) < 4.78 is 4.33. The number of likely N-dealkylation sites (tertiary alicyclic amines) is 2. The molecule has 4 heterocycles. The van der Waals surface area contributed by atoms with Crippen LogP contribution >= 0.6 is 0 Å². The number of imidazole rings is 2. The van der Waals surface area contributed by atoms with Gasteiger partial charge >= 0.3 is 0 Å². The zero-order valence-electron chi connectivity index (χ0n) is 21.6. The van der Waals surface area contributed by atoms with E-state index in [0.29, 0.717) is 12.0 Å². The molecule has 2 aliphatic heterocycles. The molecular weight excluding hydrogens is 426 g/mol. The van der Waals surface area contributed by atoms with Gasteiger partial charge in [-0.25, -0.2) is 9.97 Å². The molecule has 0 atom stereocenters. The molecule has 2 aromatic rings. The molecule has 2 aliphatic rings. The van der Waals surface area contributed by atoms with E-state index >= 15 is 0 Å².